The molecule has 0 atom stereocenters. The van der Waals surface area contributed by atoms with Crippen LogP contribution in [0.5, 0.6) is 0 Å². The molecule has 112 valence electrons. The fourth-order valence-corrected chi connectivity index (χ4v) is 3.34. The van der Waals surface area contributed by atoms with Gasteiger partial charge in [-0.15, -0.1) is 11.3 Å². The van der Waals surface area contributed by atoms with Crippen molar-refractivity contribution in [2.75, 3.05) is 26.2 Å². The van der Waals surface area contributed by atoms with Gasteiger partial charge in [-0.3, -0.25) is 4.79 Å². The number of piperidine rings is 1. The first-order chi connectivity index (χ1) is 9.74. The summed E-state index contributed by atoms with van der Waals surface area (Å²) in [6, 6.07) is 0. The molecule has 20 heavy (non-hydrogen) atoms. The molecule has 1 amide bonds. The van der Waals surface area contributed by atoms with Gasteiger partial charge in [0.25, 0.3) is 0 Å². The number of aromatic nitrogens is 1. The Kier molecular flexibility index (Phi) is 6.47. The predicted molar refractivity (Wildman–Crippen MR) is 83.1 cm³/mol. The summed E-state index contributed by atoms with van der Waals surface area (Å²) in [7, 11) is 0. The van der Waals surface area contributed by atoms with Crippen LogP contribution >= 0.6 is 11.3 Å². The molecule has 4 nitrogen and oxygen atoms in total. The Morgan fingerprint density at radius 1 is 1.40 bits per heavy atom. The van der Waals surface area contributed by atoms with E-state index in [0.717, 1.165) is 30.1 Å². The van der Waals surface area contributed by atoms with Crippen LogP contribution in [0.4, 0.5) is 0 Å². The van der Waals surface area contributed by atoms with E-state index in [2.05, 4.69) is 20.6 Å². The van der Waals surface area contributed by atoms with E-state index in [0.29, 0.717) is 13.0 Å². The average molecular weight is 295 g/mol. The molecule has 1 saturated heterocycles. The van der Waals surface area contributed by atoms with Crippen LogP contribution in [0, 0.1) is 6.92 Å². The van der Waals surface area contributed by atoms with E-state index in [4.69, 9.17) is 0 Å². The zero-order valence-corrected chi connectivity index (χ0v) is 13.2. The Labute approximate surface area is 125 Å². The SMILES string of the molecule is Cc1csc(CCNC(=O)CCCN2CCCCC2)n1. The predicted octanol–water partition coefficient (Wildman–Crippen LogP) is 2.38. The van der Waals surface area contributed by atoms with Crippen molar-refractivity contribution >= 4 is 17.2 Å². The maximum Gasteiger partial charge on any atom is 0.220 e. The number of hydrogen-bond donors (Lipinski definition) is 1. The minimum atomic E-state index is 0.176. The molecule has 0 bridgehead atoms. The van der Waals surface area contributed by atoms with Crippen molar-refractivity contribution in [1.29, 1.82) is 0 Å². The van der Waals surface area contributed by atoms with Crippen LogP contribution in [-0.4, -0.2) is 42.0 Å². The summed E-state index contributed by atoms with van der Waals surface area (Å²) in [4.78, 5) is 18.6. The van der Waals surface area contributed by atoms with Crippen molar-refractivity contribution in [1.82, 2.24) is 15.2 Å². The number of carbonyl (C=O) groups is 1. The number of rotatable bonds is 7. The van der Waals surface area contributed by atoms with Crippen molar-refractivity contribution in [2.45, 2.75) is 45.4 Å². The molecule has 1 aromatic rings. The highest BCUT2D eigenvalue weighted by atomic mass is 32.1. The highest BCUT2D eigenvalue weighted by molar-refractivity contribution is 7.09. The van der Waals surface area contributed by atoms with Gasteiger partial charge < -0.3 is 10.2 Å². The van der Waals surface area contributed by atoms with E-state index in [9.17, 15) is 4.79 Å². The average Bonchev–Trinajstić information content (AvgIpc) is 2.86. The summed E-state index contributed by atoms with van der Waals surface area (Å²) in [6.45, 7) is 6.20. The molecule has 0 radical (unpaired) electrons. The fourth-order valence-electron chi connectivity index (χ4n) is 2.56. The summed E-state index contributed by atoms with van der Waals surface area (Å²) in [5.41, 5.74) is 1.07. The number of nitrogens with zero attached hydrogens (tertiary/aromatic N) is 2. The van der Waals surface area contributed by atoms with Gasteiger partial charge in [0.05, 0.1) is 5.01 Å². The molecule has 5 heteroatoms. The first-order valence-corrected chi connectivity index (χ1v) is 8.52. The first-order valence-electron chi connectivity index (χ1n) is 7.64. The number of thiazole rings is 1. The van der Waals surface area contributed by atoms with E-state index in [1.807, 2.05) is 6.92 Å². The Balaban J connectivity index is 1.51. The quantitative estimate of drug-likeness (QED) is 0.840. The molecule has 0 saturated carbocycles. The first kappa shape index (κ1) is 15.4. The lowest BCUT2D eigenvalue weighted by Gasteiger charge is -2.26. The molecule has 2 rings (SSSR count). The second kappa shape index (κ2) is 8.37. The lowest BCUT2D eigenvalue weighted by Crippen LogP contribution is -2.32. The van der Waals surface area contributed by atoms with E-state index in [1.54, 1.807) is 11.3 Å². The van der Waals surface area contributed by atoms with Gasteiger partial charge in [0.1, 0.15) is 0 Å². The number of carbonyl (C=O) groups excluding carboxylic acids is 1. The van der Waals surface area contributed by atoms with Crippen molar-refractivity contribution in [3.63, 3.8) is 0 Å². The second-order valence-corrected chi connectivity index (χ2v) is 6.43. The van der Waals surface area contributed by atoms with Gasteiger partial charge in [0.2, 0.25) is 5.91 Å². The molecule has 0 aliphatic carbocycles. The van der Waals surface area contributed by atoms with Crippen LogP contribution in [0.25, 0.3) is 0 Å². The molecule has 0 spiro atoms. The standard InChI is InChI=1S/C15H25N3OS/c1-13-12-20-15(17-13)7-8-16-14(19)6-5-11-18-9-3-2-4-10-18/h12H,2-11H2,1H3,(H,16,19). The number of likely N-dealkylation sites (tertiary alicyclic amines) is 1. The lowest BCUT2D eigenvalue weighted by atomic mass is 10.1. The third-order valence-corrected chi connectivity index (χ3v) is 4.68. The Morgan fingerprint density at radius 3 is 2.90 bits per heavy atom. The topological polar surface area (TPSA) is 45.2 Å². The van der Waals surface area contributed by atoms with Gasteiger partial charge in [-0.05, 0) is 45.8 Å². The summed E-state index contributed by atoms with van der Waals surface area (Å²) < 4.78 is 0. The zero-order valence-electron chi connectivity index (χ0n) is 12.4. The lowest BCUT2D eigenvalue weighted by molar-refractivity contribution is -0.121. The van der Waals surface area contributed by atoms with E-state index < -0.39 is 0 Å². The molecule has 1 aliphatic heterocycles. The molecule has 1 aromatic heterocycles. The summed E-state index contributed by atoms with van der Waals surface area (Å²) in [5.74, 6) is 0.176. The third kappa shape index (κ3) is 5.59. The van der Waals surface area contributed by atoms with E-state index in [1.165, 1.54) is 32.4 Å². The van der Waals surface area contributed by atoms with Crippen LogP contribution in [0.15, 0.2) is 5.38 Å². The van der Waals surface area contributed by atoms with Crippen LogP contribution in [0.2, 0.25) is 0 Å². The van der Waals surface area contributed by atoms with Gasteiger partial charge in [0, 0.05) is 30.5 Å². The Bertz CT molecular complexity index is 413. The van der Waals surface area contributed by atoms with Crippen LogP contribution in [0.1, 0.15) is 42.8 Å². The fraction of sp³-hybridized carbons (Fsp3) is 0.733. The van der Waals surface area contributed by atoms with Crippen LogP contribution in [-0.2, 0) is 11.2 Å². The highest BCUT2D eigenvalue weighted by Crippen LogP contribution is 2.10. The number of aryl methyl sites for hydroxylation is 1. The molecule has 1 N–H and O–H groups in total. The van der Waals surface area contributed by atoms with Crippen molar-refractivity contribution in [3.8, 4) is 0 Å². The second-order valence-electron chi connectivity index (χ2n) is 5.49. The highest BCUT2D eigenvalue weighted by Gasteiger charge is 2.10. The molecular weight excluding hydrogens is 270 g/mol. The maximum atomic E-state index is 11.7. The molecular formula is C15H25N3OS. The monoisotopic (exact) mass is 295 g/mol. The smallest absolute Gasteiger partial charge is 0.220 e. The summed E-state index contributed by atoms with van der Waals surface area (Å²) >= 11 is 1.67. The minimum absolute atomic E-state index is 0.176. The number of nitrogens with one attached hydrogen (secondary N) is 1. The summed E-state index contributed by atoms with van der Waals surface area (Å²) in [6.07, 6.45) is 6.47. The van der Waals surface area contributed by atoms with Crippen molar-refractivity contribution in [3.05, 3.63) is 16.1 Å². The Hall–Kier alpha value is -0.940. The van der Waals surface area contributed by atoms with E-state index >= 15 is 0 Å². The van der Waals surface area contributed by atoms with Gasteiger partial charge in [-0.25, -0.2) is 4.98 Å². The van der Waals surface area contributed by atoms with Crippen molar-refractivity contribution < 1.29 is 4.79 Å². The van der Waals surface area contributed by atoms with Crippen molar-refractivity contribution in [2.24, 2.45) is 0 Å². The van der Waals surface area contributed by atoms with Crippen LogP contribution in [0.3, 0.4) is 0 Å². The van der Waals surface area contributed by atoms with E-state index in [-0.39, 0.29) is 5.91 Å². The maximum absolute atomic E-state index is 11.7. The minimum Gasteiger partial charge on any atom is -0.356 e. The Morgan fingerprint density at radius 2 is 2.20 bits per heavy atom. The molecule has 2 heterocycles. The largest absolute Gasteiger partial charge is 0.356 e. The number of hydrogen-bond acceptors (Lipinski definition) is 4. The van der Waals surface area contributed by atoms with Gasteiger partial charge in [0.15, 0.2) is 0 Å². The van der Waals surface area contributed by atoms with Gasteiger partial charge in [-0.2, -0.15) is 0 Å². The molecule has 1 fully saturated rings. The summed E-state index contributed by atoms with van der Waals surface area (Å²) in [5, 5.41) is 6.15. The van der Waals surface area contributed by atoms with Gasteiger partial charge in [-0.1, -0.05) is 6.42 Å². The van der Waals surface area contributed by atoms with Crippen LogP contribution < -0.4 is 5.32 Å². The van der Waals surface area contributed by atoms with Gasteiger partial charge >= 0.3 is 0 Å². The number of amides is 1. The molecule has 0 unspecified atom stereocenters. The molecule has 0 aromatic carbocycles. The third-order valence-electron chi connectivity index (χ3n) is 3.65. The normalized spacial score (nSPS) is 16.2. The molecule has 1 aliphatic rings. The zero-order chi connectivity index (χ0) is 14.2.